The van der Waals surface area contributed by atoms with Gasteiger partial charge in [0.05, 0.1) is 0 Å². The molecule has 5 rings (SSSR count). The van der Waals surface area contributed by atoms with Crippen molar-refractivity contribution in [2.24, 2.45) is 28.6 Å². The van der Waals surface area contributed by atoms with Gasteiger partial charge >= 0.3 is 6.18 Å². The lowest BCUT2D eigenvalue weighted by molar-refractivity contribution is -0.207. The summed E-state index contributed by atoms with van der Waals surface area (Å²) in [6.45, 7) is 0. The molecule has 0 saturated heterocycles. The highest BCUT2D eigenvalue weighted by Gasteiger charge is 2.70. The van der Waals surface area contributed by atoms with E-state index in [2.05, 4.69) is 0 Å². The van der Waals surface area contributed by atoms with Gasteiger partial charge in [-0.3, -0.25) is 9.59 Å². The summed E-state index contributed by atoms with van der Waals surface area (Å²) >= 11 is 0. The van der Waals surface area contributed by atoms with Crippen molar-refractivity contribution in [1.29, 1.82) is 0 Å². The van der Waals surface area contributed by atoms with Gasteiger partial charge in [0.1, 0.15) is 11.2 Å². The molecule has 0 aromatic heterocycles. The number of rotatable bonds is 2. The Balaban J connectivity index is 1.82. The van der Waals surface area contributed by atoms with Gasteiger partial charge < -0.3 is 0 Å². The molecule has 0 aliphatic heterocycles. The van der Waals surface area contributed by atoms with Gasteiger partial charge in [-0.05, 0) is 74.5 Å². The van der Waals surface area contributed by atoms with Crippen LogP contribution in [-0.4, -0.2) is 17.7 Å². The third-order valence-corrected chi connectivity index (χ3v) is 7.27. The summed E-state index contributed by atoms with van der Waals surface area (Å²) in [5.74, 6) is -0.860. The Morgan fingerprint density at radius 2 is 1.48 bits per heavy atom. The lowest BCUT2D eigenvalue weighted by Gasteiger charge is -2.63. The predicted octanol–water partition coefficient (Wildman–Crippen LogP) is 4.46. The van der Waals surface area contributed by atoms with Crippen molar-refractivity contribution in [2.75, 3.05) is 0 Å². The molecule has 0 aromatic rings. The lowest BCUT2D eigenvalue weighted by atomic mass is 9.39. The highest BCUT2D eigenvalue weighted by molar-refractivity contribution is 6.10. The number of ketones is 2. The Morgan fingerprint density at radius 1 is 0.957 bits per heavy atom. The lowest BCUT2D eigenvalue weighted by Crippen LogP contribution is -2.63. The molecule has 2 nitrogen and oxygen atoms in total. The summed E-state index contributed by atoms with van der Waals surface area (Å²) in [6.07, 6.45) is 1.78. The number of alkyl halides is 3. The Bertz CT molecular complexity index is 516. The second kappa shape index (κ2) is 4.82. The molecule has 5 fully saturated rings. The van der Waals surface area contributed by atoms with Crippen LogP contribution in [0.5, 0.6) is 0 Å². The van der Waals surface area contributed by atoms with Gasteiger partial charge in [0.15, 0.2) is 0 Å². The normalized spacial score (nSPS) is 46.2. The first-order valence-corrected chi connectivity index (χ1v) is 8.92. The van der Waals surface area contributed by atoms with Gasteiger partial charge in [0.2, 0.25) is 5.78 Å². The molecule has 1 atom stereocenters. The second-order valence-corrected chi connectivity index (χ2v) is 8.56. The Morgan fingerprint density at radius 3 is 1.91 bits per heavy atom. The van der Waals surface area contributed by atoms with Crippen molar-refractivity contribution in [3.05, 3.63) is 0 Å². The smallest absolute Gasteiger partial charge is 0.299 e. The monoisotopic (exact) mass is 328 g/mol. The molecular formula is C18H23F3O2. The minimum Gasteiger partial charge on any atom is -0.299 e. The average Bonchev–Trinajstić information content (AvgIpc) is 2.44. The molecule has 5 aliphatic carbocycles. The van der Waals surface area contributed by atoms with E-state index in [0.717, 1.165) is 19.3 Å². The zero-order valence-electron chi connectivity index (χ0n) is 13.3. The molecule has 0 N–H and O–H groups in total. The molecular weight excluding hydrogens is 305 g/mol. The Hall–Kier alpha value is -0.870. The fourth-order valence-electron chi connectivity index (χ4n) is 6.95. The summed E-state index contributed by atoms with van der Waals surface area (Å²) in [5, 5.41) is 0. The van der Waals surface area contributed by atoms with Crippen LogP contribution in [0.4, 0.5) is 13.2 Å². The van der Waals surface area contributed by atoms with Gasteiger partial charge in [-0.15, -0.1) is 0 Å². The molecule has 0 heterocycles. The maximum absolute atomic E-state index is 13.4. The number of carbonyl (C=O) groups is 2. The molecule has 0 aromatic carbocycles. The molecule has 1 unspecified atom stereocenters. The quantitative estimate of drug-likeness (QED) is 0.701. The van der Waals surface area contributed by atoms with Gasteiger partial charge in [-0.1, -0.05) is 6.42 Å². The van der Waals surface area contributed by atoms with E-state index in [0.29, 0.717) is 49.9 Å². The predicted molar refractivity (Wildman–Crippen MR) is 77.6 cm³/mol. The molecule has 4 bridgehead atoms. The van der Waals surface area contributed by atoms with Crippen molar-refractivity contribution in [3.63, 3.8) is 0 Å². The second-order valence-electron chi connectivity index (χ2n) is 8.56. The summed E-state index contributed by atoms with van der Waals surface area (Å²) in [4.78, 5) is 25.3. The van der Waals surface area contributed by atoms with Crippen LogP contribution in [0.1, 0.15) is 64.2 Å². The first kappa shape index (κ1) is 15.6. The van der Waals surface area contributed by atoms with E-state index in [1.54, 1.807) is 0 Å². The first-order chi connectivity index (χ1) is 10.8. The van der Waals surface area contributed by atoms with Crippen LogP contribution in [0, 0.1) is 28.6 Å². The summed E-state index contributed by atoms with van der Waals surface area (Å²) in [7, 11) is 0. The third kappa shape index (κ3) is 2.07. The van der Waals surface area contributed by atoms with Gasteiger partial charge in [-0.2, -0.15) is 13.2 Å². The summed E-state index contributed by atoms with van der Waals surface area (Å²) in [6, 6.07) is 0. The zero-order chi connectivity index (χ0) is 16.5. The van der Waals surface area contributed by atoms with Crippen LogP contribution in [0.3, 0.4) is 0 Å². The van der Waals surface area contributed by atoms with Gasteiger partial charge in [-0.25, -0.2) is 0 Å². The van der Waals surface area contributed by atoms with Crippen LogP contribution in [0.2, 0.25) is 0 Å². The van der Waals surface area contributed by atoms with Crippen molar-refractivity contribution in [2.45, 2.75) is 70.4 Å². The Labute approximate surface area is 134 Å². The molecule has 128 valence electrons. The maximum atomic E-state index is 13.4. The average molecular weight is 328 g/mol. The van der Waals surface area contributed by atoms with E-state index in [-0.39, 0.29) is 12.8 Å². The standard InChI is InChI=1S/C18H23F3O2/c19-18(20,21)15(23)17(4-2-1-3-14(17)22)16-8-11-5-12(9-16)7-13(6-11)10-16/h11-13H,1-10H2. The topological polar surface area (TPSA) is 34.1 Å². The van der Waals surface area contributed by atoms with E-state index in [1.165, 1.54) is 0 Å². The highest BCUT2D eigenvalue weighted by Crippen LogP contribution is 2.69. The number of hydrogen-bond acceptors (Lipinski definition) is 2. The first-order valence-electron chi connectivity index (χ1n) is 8.92. The molecule has 23 heavy (non-hydrogen) atoms. The fourth-order valence-corrected chi connectivity index (χ4v) is 6.95. The van der Waals surface area contributed by atoms with Crippen LogP contribution in [0.15, 0.2) is 0 Å². The van der Waals surface area contributed by atoms with Crippen LogP contribution < -0.4 is 0 Å². The van der Waals surface area contributed by atoms with E-state index < -0.39 is 28.6 Å². The van der Waals surface area contributed by atoms with Gasteiger partial charge in [0.25, 0.3) is 0 Å². The van der Waals surface area contributed by atoms with Crippen molar-refractivity contribution in [1.82, 2.24) is 0 Å². The largest absolute Gasteiger partial charge is 0.451 e. The summed E-state index contributed by atoms with van der Waals surface area (Å²) < 4.78 is 40.3. The summed E-state index contributed by atoms with van der Waals surface area (Å²) in [5.41, 5.74) is -2.47. The van der Waals surface area contributed by atoms with E-state index in [9.17, 15) is 22.8 Å². The molecule has 0 radical (unpaired) electrons. The Kier molecular flexibility index (Phi) is 3.28. The highest BCUT2D eigenvalue weighted by atomic mass is 19.4. The number of carbonyl (C=O) groups excluding carboxylic acids is 2. The van der Waals surface area contributed by atoms with Crippen LogP contribution >= 0.6 is 0 Å². The fraction of sp³-hybridized carbons (Fsp3) is 0.889. The molecule has 0 spiro atoms. The van der Waals surface area contributed by atoms with Crippen molar-refractivity contribution < 1.29 is 22.8 Å². The molecule has 5 aliphatic rings. The van der Waals surface area contributed by atoms with Crippen LogP contribution in [-0.2, 0) is 9.59 Å². The van der Waals surface area contributed by atoms with E-state index >= 15 is 0 Å². The number of halogens is 3. The molecule has 0 amide bonds. The molecule has 5 saturated carbocycles. The maximum Gasteiger partial charge on any atom is 0.451 e. The minimum atomic E-state index is -4.91. The SMILES string of the molecule is O=C1CCCCC1(C(=O)C(F)(F)F)C12CC3CC(CC(C3)C1)C2. The van der Waals surface area contributed by atoms with E-state index in [1.807, 2.05) is 0 Å². The van der Waals surface area contributed by atoms with Crippen LogP contribution in [0.25, 0.3) is 0 Å². The zero-order valence-corrected chi connectivity index (χ0v) is 13.3. The third-order valence-electron chi connectivity index (χ3n) is 7.27. The van der Waals surface area contributed by atoms with Crippen molar-refractivity contribution >= 4 is 11.6 Å². The number of Topliss-reactive ketones (excluding diaryl/α,β-unsaturated/α-hetero) is 2. The number of hydrogen-bond donors (Lipinski definition) is 0. The van der Waals surface area contributed by atoms with Crippen molar-refractivity contribution in [3.8, 4) is 0 Å². The van der Waals surface area contributed by atoms with Gasteiger partial charge in [0, 0.05) is 6.42 Å². The molecule has 5 heteroatoms. The van der Waals surface area contributed by atoms with E-state index in [4.69, 9.17) is 0 Å². The minimum absolute atomic E-state index is 0.121.